The summed E-state index contributed by atoms with van der Waals surface area (Å²) in [5.41, 5.74) is 4.68. The van der Waals surface area contributed by atoms with Crippen molar-refractivity contribution in [2.75, 3.05) is 12.4 Å². The normalized spacial score (nSPS) is 10.3. The minimum Gasteiger partial charge on any atom is -0.488 e. The topological polar surface area (TPSA) is 34.2 Å². The number of benzene rings is 1. The van der Waals surface area contributed by atoms with E-state index in [0.29, 0.717) is 6.61 Å². The molecule has 0 saturated carbocycles. The molecule has 0 aliphatic heterocycles. The zero-order valence-electron chi connectivity index (χ0n) is 11.9. The van der Waals surface area contributed by atoms with Crippen LogP contribution in [0.2, 0.25) is 0 Å². The summed E-state index contributed by atoms with van der Waals surface area (Å²) in [7, 11) is 1.87. The maximum Gasteiger partial charge on any atom is 0.132 e. The molecule has 100 valence electrons. The van der Waals surface area contributed by atoms with Crippen molar-refractivity contribution in [2.45, 2.75) is 27.4 Å². The molecule has 0 aliphatic carbocycles. The molecule has 0 bridgehead atoms. The number of rotatable bonds is 4. The summed E-state index contributed by atoms with van der Waals surface area (Å²) in [4.78, 5) is 4.28. The third-order valence-corrected chi connectivity index (χ3v) is 3.37. The fourth-order valence-electron chi connectivity index (χ4n) is 2.08. The Morgan fingerprint density at radius 2 is 1.84 bits per heavy atom. The number of nitrogens with zero attached hydrogens (tertiary/aromatic N) is 1. The zero-order valence-corrected chi connectivity index (χ0v) is 11.9. The van der Waals surface area contributed by atoms with Gasteiger partial charge in [0.15, 0.2) is 0 Å². The van der Waals surface area contributed by atoms with Crippen LogP contribution < -0.4 is 10.1 Å². The van der Waals surface area contributed by atoms with Crippen LogP contribution in [-0.2, 0) is 6.61 Å². The highest BCUT2D eigenvalue weighted by Crippen LogP contribution is 2.27. The predicted molar refractivity (Wildman–Crippen MR) is 78.8 cm³/mol. The van der Waals surface area contributed by atoms with E-state index in [2.05, 4.69) is 43.2 Å². The molecule has 1 aromatic heterocycles. The zero-order chi connectivity index (χ0) is 13.8. The van der Waals surface area contributed by atoms with Crippen molar-refractivity contribution in [1.82, 2.24) is 4.98 Å². The van der Waals surface area contributed by atoms with Crippen LogP contribution in [0.1, 0.15) is 22.3 Å². The molecule has 3 heteroatoms. The highest BCUT2D eigenvalue weighted by Gasteiger charge is 2.08. The highest BCUT2D eigenvalue weighted by atomic mass is 16.5. The van der Waals surface area contributed by atoms with Crippen molar-refractivity contribution >= 4 is 5.82 Å². The number of ether oxygens (including phenoxy) is 1. The quantitative estimate of drug-likeness (QED) is 0.907. The molecule has 0 fully saturated rings. The predicted octanol–water partition coefficient (Wildman–Crippen LogP) is 3.63. The van der Waals surface area contributed by atoms with E-state index in [1.165, 1.54) is 11.1 Å². The number of pyridine rings is 1. The van der Waals surface area contributed by atoms with E-state index in [0.717, 1.165) is 22.7 Å². The van der Waals surface area contributed by atoms with Gasteiger partial charge in [-0.25, -0.2) is 4.98 Å². The molecule has 1 heterocycles. The molecule has 0 atom stereocenters. The third kappa shape index (κ3) is 2.87. The van der Waals surface area contributed by atoms with Gasteiger partial charge in [-0.1, -0.05) is 18.2 Å². The minimum atomic E-state index is 0.523. The SMILES string of the molecule is CNc1ncccc1COc1c(C)ccc(C)c1C. The minimum absolute atomic E-state index is 0.523. The number of aromatic nitrogens is 1. The summed E-state index contributed by atoms with van der Waals surface area (Å²) < 4.78 is 6.00. The van der Waals surface area contributed by atoms with Gasteiger partial charge in [-0.15, -0.1) is 0 Å². The van der Waals surface area contributed by atoms with Crippen LogP contribution >= 0.6 is 0 Å². The Hall–Kier alpha value is -2.03. The first-order valence-electron chi connectivity index (χ1n) is 6.44. The molecule has 19 heavy (non-hydrogen) atoms. The second-order valence-electron chi connectivity index (χ2n) is 4.70. The number of nitrogens with one attached hydrogen (secondary N) is 1. The van der Waals surface area contributed by atoms with Crippen LogP contribution in [0.4, 0.5) is 5.82 Å². The Labute approximate surface area is 114 Å². The molecule has 1 N–H and O–H groups in total. The average Bonchev–Trinajstić information content (AvgIpc) is 2.43. The lowest BCUT2D eigenvalue weighted by Crippen LogP contribution is -2.04. The molecule has 0 radical (unpaired) electrons. The van der Waals surface area contributed by atoms with Crippen molar-refractivity contribution < 1.29 is 4.74 Å². The smallest absolute Gasteiger partial charge is 0.132 e. The van der Waals surface area contributed by atoms with Crippen LogP contribution in [-0.4, -0.2) is 12.0 Å². The average molecular weight is 256 g/mol. The van der Waals surface area contributed by atoms with Gasteiger partial charge in [0.05, 0.1) is 0 Å². The van der Waals surface area contributed by atoms with Gasteiger partial charge in [0, 0.05) is 18.8 Å². The fourth-order valence-corrected chi connectivity index (χ4v) is 2.08. The van der Waals surface area contributed by atoms with E-state index in [9.17, 15) is 0 Å². The Kier molecular flexibility index (Phi) is 4.05. The number of hydrogen-bond acceptors (Lipinski definition) is 3. The van der Waals surface area contributed by atoms with Crippen molar-refractivity contribution in [3.63, 3.8) is 0 Å². The summed E-state index contributed by atoms with van der Waals surface area (Å²) in [5.74, 6) is 1.84. The van der Waals surface area contributed by atoms with Crippen LogP contribution in [0.5, 0.6) is 5.75 Å². The first kappa shape index (κ1) is 13.4. The molecule has 0 amide bonds. The largest absolute Gasteiger partial charge is 0.488 e. The van der Waals surface area contributed by atoms with Gasteiger partial charge in [-0.05, 0) is 43.5 Å². The third-order valence-electron chi connectivity index (χ3n) is 3.37. The van der Waals surface area contributed by atoms with Gasteiger partial charge in [0.2, 0.25) is 0 Å². The summed E-state index contributed by atoms with van der Waals surface area (Å²) in [6.45, 7) is 6.80. The van der Waals surface area contributed by atoms with E-state index < -0.39 is 0 Å². The lowest BCUT2D eigenvalue weighted by Gasteiger charge is -2.15. The Morgan fingerprint density at radius 3 is 2.58 bits per heavy atom. The molecule has 0 spiro atoms. The highest BCUT2D eigenvalue weighted by molar-refractivity contribution is 5.46. The fraction of sp³-hybridized carbons (Fsp3) is 0.312. The monoisotopic (exact) mass is 256 g/mol. The number of hydrogen-bond donors (Lipinski definition) is 1. The Morgan fingerprint density at radius 1 is 1.11 bits per heavy atom. The summed E-state index contributed by atoms with van der Waals surface area (Å²) in [6.07, 6.45) is 1.78. The van der Waals surface area contributed by atoms with Crippen molar-refractivity contribution in [3.05, 3.63) is 52.7 Å². The second kappa shape index (κ2) is 5.74. The van der Waals surface area contributed by atoms with Gasteiger partial charge in [0.1, 0.15) is 18.2 Å². The molecule has 0 aliphatic rings. The molecule has 2 rings (SSSR count). The van der Waals surface area contributed by atoms with E-state index in [4.69, 9.17) is 4.74 Å². The second-order valence-corrected chi connectivity index (χ2v) is 4.70. The molecule has 0 unspecified atom stereocenters. The van der Waals surface area contributed by atoms with E-state index in [1.54, 1.807) is 6.20 Å². The Bertz CT molecular complexity index is 579. The van der Waals surface area contributed by atoms with Gasteiger partial charge < -0.3 is 10.1 Å². The Balaban J connectivity index is 2.21. The van der Waals surface area contributed by atoms with Gasteiger partial charge in [0.25, 0.3) is 0 Å². The molecular weight excluding hydrogens is 236 g/mol. The van der Waals surface area contributed by atoms with Crippen LogP contribution in [0.25, 0.3) is 0 Å². The maximum absolute atomic E-state index is 6.00. The first-order chi connectivity index (χ1) is 9.13. The maximum atomic E-state index is 6.00. The number of aryl methyl sites for hydroxylation is 2. The molecular formula is C16H20N2O. The number of anilines is 1. The standard InChI is InChI=1S/C16H20N2O/c1-11-7-8-12(2)15(13(11)3)19-10-14-6-5-9-18-16(14)17-4/h5-9H,10H2,1-4H3,(H,17,18). The lowest BCUT2D eigenvalue weighted by molar-refractivity contribution is 0.302. The molecule has 0 saturated heterocycles. The first-order valence-corrected chi connectivity index (χ1v) is 6.44. The lowest BCUT2D eigenvalue weighted by atomic mass is 10.1. The van der Waals surface area contributed by atoms with Gasteiger partial charge >= 0.3 is 0 Å². The van der Waals surface area contributed by atoms with Gasteiger partial charge in [-0.2, -0.15) is 0 Å². The van der Waals surface area contributed by atoms with Gasteiger partial charge in [-0.3, -0.25) is 0 Å². The van der Waals surface area contributed by atoms with Crippen LogP contribution in [0.15, 0.2) is 30.5 Å². The molecule has 2 aromatic rings. The summed E-state index contributed by atoms with van der Waals surface area (Å²) >= 11 is 0. The van der Waals surface area contributed by atoms with Crippen molar-refractivity contribution in [3.8, 4) is 5.75 Å². The summed E-state index contributed by atoms with van der Waals surface area (Å²) in [6, 6.07) is 8.18. The van der Waals surface area contributed by atoms with Crippen LogP contribution in [0, 0.1) is 20.8 Å². The summed E-state index contributed by atoms with van der Waals surface area (Å²) in [5, 5.41) is 3.08. The van der Waals surface area contributed by atoms with Crippen molar-refractivity contribution in [2.24, 2.45) is 0 Å². The van der Waals surface area contributed by atoms with E-state index in [-0.39, 0.29) is 0 Å². The molecule has 1 aromatic carbocycles. The van der Waals surface area contributed by atoms with E-state index in [1.807, 2.05) is 19.2 Å². The van der Waals surface area contributed by atoms with E-state index >= 15 is 0 Å². The van der Waals surface area contributed by atoms with Crippen molar-refractivity contribution in [1.29, 1.82) is 0 Å². The molecule has 3 nitrogen and oxygen atoms in total. The van der Waals surface area contributed by atoms with Crippen LogP contribution in [0.3, 0.4) is 0 Å².